The Labute approximate surface area is 174 Å². The van der Waals surface area contributed by atoms with Crippen LogP contribution in [0.1, 0.15) is 18.9 Å². The number of ether oxygens (including phenoxy) is 2. The maximum atomic E-state index is 12.7. The number of aliphatic imine (C=N–C) groups is 1. The van der Waals surface area contributed by atoms with Gasteiger partial charge in [0.05, 0.1) is 19.9 Å². The highest BCUT2D eigenvalue weighted by Gasteiger charge is 2.29. The van der Waals surface area contributed by atoms with Crippen LogP contribution in [0.5, 0.6) is 11.5 Å². The zero-order valence-electron chi connectivity index (χ0n) is 16.1. The monoisotopic (exact) mass is 418 g/mol. The predicted molar refractivity (Wildman–Crippen MR) is 115 cm³/mol. The number of thioether (sulfide) groups is 1. The van der Waals surface area contributed by atoms with Crippen LogP contribution in [0.25, 0.3) is 0 Å². The lowest BCUT2D eigenvalue weighted by atomic mass is 10.1. The first kappa shape index (κ1) is 20.6. The van der Waals surface area contributed by atoms with E-state index in [1.54, 1.807) is 43.0 Å². The molecule has 0 aliphatic carbocycles. The molecular weight excluding hydrogens is 396 g/mol. The molecule has 1 unspecified atom stereocenters. The van der Waals surface area contributed by atoms with Gasteiger partial charge < -0.3 is 9.47 Å². The van der Waals surface area contributed by atoms with Gasteiger partial charge in [-0.15, -0.1) is 0 Å². The number of amides is 1. The van der Waals surface area contributed by atoms with Gasteiger partial charge in [-0.05, 0) is 48.4 Å². The highest BCUT2D eigenvalue weighted by atomic mass is 35.5. The highest BCUT2D eigenvalue weighted by Crippen LogP contribution is 2.30. The van der Waals surface area contributed by atoms with Crippen molar-refractivity contribution in [3.63, 3.8) is 0 Å². The van der Waals surface area contributed by atoms with E-state index in [1.807, 2.05) is 37.3 Å². The van der Waals surface area contributed by atoms with Crippen molar-refractivity contribution < 1.29 is 14.3 Å². The van der Waals surface area contributed by atoms with E-state index in [0.29, 0.717) is 35.9 Å². The van der Waals surface area contributed by atoms with Crippen LogP contribution < -0.4 is 9.47 Å². The van der Waals surface area contributed by atoms with Crippen LogP contribution in [0.4, 0.5) is 5.69 Å². The van der Waals surface area contributed by atoms with E-state index in [4.69, 9.17) is 26.1 Å². The van der Waals surface area contributed by atoms with Crippen molar-refractivity contribution in [2.75, 3.05) is 20.8 Å². The van der Waals surface area contributed by atoms with Crippen LogP contribution >= 0.6 is 23.4 Å². The lowest BCUT2D eigenvalue weighted by Gasteiger charge is -2.31. The number of carbonyl (C=O) groups excluding carboxylic acids is 1. The van der Waals surface area contributed by atoms with Crippen molar-refractivity contribution in [2.45, 2.75) is 25.0 Å². The molecule has 2 aromatic carbocycles. The van der Waals surface area contributed by atoms with Crippen LogP contribution in [0.3, 0.4) is 0 Å². The number of nitrogens with zero attached hydrogens (tertiary/aromatic N) is 2. The van der Waals surface area contributed by atoms with Crippen molar-refractivity contribution in [1.29, 1.82) is 0 Å². The highest BCUT2D eigenvalue weighted by molar-refractivity contribution is 8.14. The average Bonchev–Trinajstić information content (AvgIpc) is 2.68. The number of carbonyl (C=O) groups is 1. The molecule has 0 saturated carbocycles. The minimum absolute atomic E-state index is 0.0967. The molecule has 2 aromatic rings. The molecule has 1 heterocycles. The standard InChI is InChI=1S/C21H23ClN2O3S/c1-14-12-20(25)24(21(28-14)23-17-7-5-16(22)6-8-17)11-10-15-4-9-18(26-2)19(13-15)27-3/h4-9,13-14H,10-12H2,1-3H3. The quantitative estimate of drug-likeness (QED) is 0.666. The number of halogens is 1. The molecule has 148 valence electrons. The van der Waals surface area contributed by atoms with Crippen LogP contribution in [0, 0.1) is 0 Å². The lowest BCUT2D eigenvalue weighted by molar-refractivity contribution is -0.127. The summed E-state index contributed by atoms with van der Waals surface area (Å²) < 4.78 is 10.7. The van der Waals surface area contributed by atoms with Gasteiger partial charge >= 0.3 is 0 Å². The summed E-state index contributed by atoms with van der Waals surface area (Å²) in [5, 5.41) is 1.59. The Balaban J connectivity index is 1.79. The first-order valence-electron chi connectivity index (χ1n) is 9.02. The second-order valence-electron chi connectivity index (χ2n) is 6.49. The van der Waals surface area contributed by atoms with E-state index in [2.05, 4.69) is 0 Å². The minimum atomic E-state index is 0.0967. The van der Waals surface area contributed by atoms with Crippen LogP contribution in [-0.4, -0.2) is 42.0 Å². The Morgan fingerprint density at radius 2 is 1.86 bits per heavy atom. The van der Waals surface area contributed by atoms with Crippen molar-refractivity contribution in [3.05, 3.63) is 53.1 Å². The molecule has 7 heteroatoms. The molecule has 0 N–H and O–H groups in total. The predicted octanol–water partition coefficient (Wildman–Crippen LogP) is 4.94. The first-order chi connectivity index (χ1) is 13.5. The van der Waals surface area contributed by atoms with Gasteiger partial charge in [0.1, 0.15) is 0 Å². The van der Waals surface area contributed by atoms with Gasteiger partial charge in [-0.3, -0.25) is 9.69 Å². The largest absolute Gasteiger partial charge is 0.493 e. The smallest absolute Gasteiger partial charge is 0.229 e. The molecule has 0 bridgehead atoms. The molecule has 28 heavy (non-hydrogen) atoms. The molecule has 1 aliphatic heterocycles. The molecule has 0 radical (unpaired) electrons. The van der Waals surface area contributed by atoms with Gasteiger partial charge in [0.15, 0.2) is 16.7 Å². The Bertz CT molecular complexity index is 870. The molecule has 0 spiro atoms. The molecular formula is C21H23ClN2O3S. The third kappa shape index (κ3) is 5.00. The SMILES string of the molecule is COc1ccc(CCN2C(=O)CC(C)SC2=Nc2ccc(Cl)cc2)cc1OC. The number of hydrogen-bond donors (Lipinski definition) is 0. The Kier molecular flexibility index (Phi) is 6.86. The van der Waals surface area contributed by atoms with Crippen LogP contribution in [0.15, 0.2) is 47.5 Å². The molecule has 5 nitrogen and oxygen atoms in total. The molecule has 1 aliphatic rings. The fraction of sp³-hybridized carbons (Fsp3) is 0.333. The topological polar surface area (TPSA) is 51.1 Å². The lowest BCUT2D eigenvalue weighted by Crippen LogP contribution is -2.42. The number of methoxy groups -OCH3 is 2. The summed E-state index contributed by atoms with van der Waals surface area (Å²) in [6, 6.07) is 13.1. The maximum absolute atomic E-state index is 12.7. The third-order valence-corrected chi connectivity index (χ3v) is 5.77. The number of hydrogen-bond acceptors (Lipinski definition) is 5. The Hall–Kier alpha value is -2.18. The van der Waals surface area contributed by atoms with E-state index in [1.165, 1.54) is 0 Å². The second kappa shape index (κ2) is 9.34. The van der Waals surface area contributed by atoms with Gasteiger partial charge in [0.2, 0.25) is 5.91 Å². The van der Waals surface area contributed by atoms with E-state index in [-0.39, 0.29) is 11.2 Å². The van der Waals surface area contributed by atoms with Gasteiger partial charge in [-0.1, -0.05) is 36.4 Å². The van der Waals surface area contributed by atoms with Crippen molar-refractivity contribution in [2.24, 2.45) is 4.99 Å². The molecule has 1 saturated heterocycles. The minimum Gasteiger partial charge on any atom is -0.493 e. The summed E-state index contributed by atoms with van der Waals surface area (Å²) in [5.74, 6) is 1.47. The number of benzene rings is 2. The maximum Gasteiger partial charge on any atom is 0.229 e. The summed E-state index contributed by atoms with van der Waals surface area (Å²) in [6.07, 6.45) is 1.21. The van der Waals surface area contributed by atoms with Crippen molar-refractivity contribution in [1.82, 2.24) is 4.90 Å². The summed E-state index contributed by atoms with van der Waals surface area (Å²) in [7, 11) is 3.23. The van der Waals surface area contributed by atoms with E-state index >= 15 is 0 Å². The summed E-state index contributed by atoms with van der Waals surface area (Å²) in [6.45, 7) is 2.60. The summed E-state index contributed by atoms with van der Waals surface area (Å²) >= 11 is 7.58. The fourth-order valence-electron chi connectivity index (χ4n) is 2.96. The van der Waals surface area contributed by atoms with Gasteiger partial charge in [-0.25, -0.2) is 4.99 Å². The first-order valence-corrected chi connectivity index (χ1v) is 10.3. The molecule has 0 aromatic heterocycles. The molecule has 1 amide bonds. The van der Waals surface area contributed by atoms with E-state index in [0.717, 1.165) is 16.4 Å². The normalized spacial score (nSPS) is 18.4. The fourth-order valence-corrected chi connectivity index (χ4v) is 4.15. The van der Waals surface area contributed by atoms with Crippen molar-refractivity contribution >= 4 is 40.1 Å². The number of rotatable bonds is 6. The van der Waals surface area contributed by atoms with Gasteiger partial charge in [0, 0.05) is 23.2 Å². The zero-order chi connectivity index (χ0) is 20.1. The Morgan fingerprint density at radius 3 is 2.54 bits per heavy atom. The molecule has 3 rings (SSSR count). The van der Waals surface area contributed by atoms with E-state index in [9.17, 15) is 4.79 Å². The van der Waals surface area contributed by atoms with Gasteiger partial charge in [0.25, 0.3) is 0 Å². The van der Waals surface area contributed by atoms with E-state index < -0.39 is 0 Å². The second-order valence-corrected chi connectivity index (χ2v) is 8.33. The molecule has 1 fully saturated rings. The van der Waals surface area contributed by atoms with Crippen LogP contribution in [-0.2, 0) is 11.2 Å². The van der Waals surface area contributed by atoms with Crippen molar-refractivity contribution in [3.8, 4) is 11.5 Å². The average molecular weight is 419 g/mol. The Morgan fingerprint density at radius 1 is 1.14 bits per heavy atom. The molecule has 1 atom stereocenters. The summed E-state index contributed by atoms with van der Waals surface area (Å²) in [4.78, 5) is 19.1. The zero-order valence-corrected chi connectivity index (χ0v) is 17.7. The van der Waals surface area contributed by atoms with Gasteiger partial charge in [-0.2, -0.15) is 0 Å². The van der Waals surface area contributed by atoms with Crippen LogP contribution in [0.2, 0.25) is 5.02 Å². The third-order valence-electron chi connectivity index (χ3n) is 4.42. The number of amidine groups is 1. The summed E-state index contributed by atoms with van der Waals surface area (Å²) in [5.41, 5.74) is 1.85.